The van der Waals surface area contributed by atoms with Crippen LogP contribution in [-0.2, 0) is 9.53 Å². The molecule has 2 rings (SSSR count). The van der Waals surface area contributed by atoms with E-state index < -0.39 is 23.0 Å². The predicted octanol–water partition coefficient (Wildman–Crippen LogP) is 1.79. The summed E-state index contributed by atoms with van der Waals surface area (Å²) in [7, 11) is 1.24. The maximum atomic E-state index is 12.0. The Morgan fingerprint density at radius 1 is 1.45 bits per heavy atom. The minimum Gasteiger partial charge on any atom is -0.466 e. The third-order valence-electron chi connectivity index (χ3n) is 3.33. The highest BCUT2D eigenvalue weighted by Gasteiger charge is 2.33. The van der Waals surface area contributed by atoms with E-state index >= 15 is 0 Å². The van der Waals surface area contributed by atoms with Crippen LogP contribution in [0.25, 0.3) is 0 Å². The van der Waals surface area contributed by atoms with Crippen molar-refractivity contribution in [3.05, 3.63) is 51.2 Å². The Kier molecular flexibility index (Phi) is 4.40. The summed E-state index contributed by atoms with van der Waals surface area (Å²) in [6, 6.07) is 4.51. The lowest BCUT2D eigenvalue weighted by molar-refractivity contribution is -0.384. The molecule has 1 unspecified atom stereocenters. The van der Waals surface area contributed by atoms with Crippen LogP contribution in [0, 0.1) is 10.1 Å². The van der Waals surface area contributed by atoms with E-state index in [9.17, 15) is 19.7 Å². The monoisotopic (exact) mass is 305 g/mol. The average Bonchev–Trinajstić information content (AvgIpc) is 2.53. The Hall–Kier alpha value is -2.90. The first kappa shape index (κ1) is 15.5. The number of nitro groups is 1. The molecule has 1 aromatic carbocycles. The molecule has 116 valence electrons. The zero-order valence-corrected chi connectivity index (χ0v) is 12.1. The zero-order valence-electron chi connectivity index (χ0n) is 12.1. The number of benzene rings is 1. The molecular formula is C14H15N3O5. The van der Waals surface area contributed by atoms with Gasteiger partial charge in [-0.25, -0.2) is 9.59 Å². The molecule has 0 fully saturated rings. The maximum Gasteiger partial charge on any atom is 0.337 e. The number of carbonyl (C=O) groups is 2. The van der Waals surface area contributed by atoms with Gasteiger partial charge in [0.1, 0.15) is 0 Å². The molecule has 8 heteroatoms. The van der Waals surface area contributed by atoms with Gasteiger partial charge in [0.15, 0.2) is 0 Å². The second-order valence-corrected chi connectivity index (χ2v) is 4.62. The number of urea groups is 1. The minimum atomic E-state index is -0.795. The van der Waals surface area contributed by atoms with E-state index in [0.717, 1.165) is 0 Å². The SMILES string of the molecule is CCC1=C(C(=O)OC)C(c2cccc([N+](=O)[O-])c2)NC(=O)N1. The molecule has 1 atom stereocenters. The van der Waals surface area contributed by atoms with Crippen molar-refractivity contribution in [2.45, 2.75) is 19.4 Å². The fourth-order valence-electron chi connectivity index (χ4n) is 2.32. The number of non-ortho nitro benzene ring substituents is 1. The van der Waals surface area contributed by atoms with Crippen LogP contribution < -0.4 is 10.6 Å². The number of ether oxygens (including phenoxy) is 1. The molecule has 1 aromatic rings. The van der Waals surface area contributed by atoms with Gasteiger partial charge in [-0.1, -0.05) is 19.1 Å². The largest absolute Gasteiger partial charge is 0.466 e. The predicted molar refractivity (Wildman–Crippen MR) is 76.8 cm³/mol. The Balaban J connectivity index is 2.54. The summed E-state index contributed by atoms with van der Waals surface area (Å²) in [6.45, 7) is 1.79. The van der Waals surface area contributed by atoms with Crippen molar-refractivity contribution in [2.75, 3.05) is 7.11 Å². The van der Waals surface area contributed by atoms with E-state index in [0.29, 0.717) is 17.7 Å². The maximum absolute atomic E-state index is 12.0. The van der Waals surface area contributed by atoms with Crippen LogP contribution in [-0.4, -0.2) is 24.0 Å². The molecule has 8 nitrogen and oxygen atoms in total. The van der Waals surface area contributed by atoms with Gasteiger partial charge in [-0.2, -0.15) is 0 Å². The number of esters is 1. The molecule has 2 amide bonds. The van der Waals surface area contributed by atoms with Crippen molar-refractivity contribution in [3.63, 3.8) is 0 Å². The molecule has 1 heterocycles. The van der Waals surface area contributed by atoms with Gasteiger partial charge in [0.25, 0.3) is 5.69 Å². The standard InChI is InChI=1S/C14H15N3O5/c1-3-10-11(13(18)22-2)12(16-14(19)15-10)8-5-4-6-9(7-8)17(20)21/h4-7,12H,3H2,1-2H3,(H2,15,16,19). The summed E-state index contributed by atoms with van der Waals surface area (Å²) < 4.78 is 4.76. The van der Waals surface area contributed by atoms with Crippen molar-refractivity contribution in [3.8, 4) is 0 Å². The molecular weight excluding hydrogens is 290 g/mol. The van der Waals surface area contributed by atoms with Crippen LogP contribution in [0.5, 0.6) is 0 Å². The lowest BCUT2D eigenvalue weighted by Gasteiger charge is -2.28. The van der Waals surface area contributed by atoms with Gasteiger partial charge in [-0.3, -0.25) is 10.1 Å². The van der Waals surface area contributed by atoms with E-state index in [1.54, 1.807) is 13.0 Å². The average molecular weight is 305 g/mol. The van der Waals surface area contributed by atoms with Crippen molar-refractivity contribution >= 4 is 17.7 Å². The van der Waals surface area contributed by atoms with Gasteiger partial charge in [-0.15, -0.1) is 0 Å². The van der Waals surface area contributed by atoms with Crippen LogP contribution >= 0.6 is 0 Å². The van der Waals surface area contributed by atoms with E-state index in [4.69, 9.17) is 4.74 Å². The number of methoxy groups -OCH3 is 1. The van der Waals surface area contributed by atoms with Crippen LogP contribution in [0.3, 0.4) is 0 Å². The number of nitrogens with zero attached hydrogens (tertiary/aromatic N) is 1. The number of nitrogens with one attached hydrogen (secondary N) is 2. The summed E-state index contributed by atoms with van der Waals surface area (Å²) in [5, 5.41) is 16.1. The van der Waals surface area contributed by atoms with Gasteiger partial charge in [0, 0.05) is 17.8 Å². The summed E-state index contributed by atoms with van der Waals surface area (Å²) in [5.74, 6) is -0.596. The van der Waals surface area contributed by atoms with Gasteiger partial charge < -0.3 is 15.4 Å². The first-order chi connectivity index (χ1) is 10.5. The fourth-order valence-corrected chi connectivity index (χ4v) is 2.32. The van der Waals surface area contributed by atoms with Gasteiger partial charge in [-0.05, 0) is 12.0 Å². The molecule has 22 heavy (non-hydrogen) atoms. The molecule has 0 spiro atoms. The van der Waals surface area contributed by atoms with E-state index in [1.807, 2.05) is 0 Å². The first-order valence-electron chi connectivity index (χ1n) is 6.61. The quantitative estimate of drug-likeness (QED) is 0.500. The third-order valence-corrected chi connectivity index (χ3v) is 3.33. The number of carbonyl (C=O) groups excluding carboxylic acids is 2. The normalized spacial score (nSPS) is 17.5. The summed E-state index contributed by atoms with van der Waals surface area (Å²) in [5.41, 5.74) is 1.00. The van der Waals surface area contributed by atoms with Crippen LogP contribution in [0.4, 0.5) is 10.5 Å². The number of nitro benzene ring substituents is 1. The number of hydrogen-bond acceptors (Lipinski definition) is 5. The van der Waals surface area contributed by atoms with Crippen molar-refractivity contribution in [2.24, 2.45) is 0 Å². The molecule has 0 bridgehead atoms. The fraction of sp³-hybridized carbons (Fsp3) is 0.286. The zero-order chi connectivity index (χ0) is 16.3. The minimum absolute atomic E-state index is 0.118. The molecule has 0 aliphatic carbocycles. The molecule has 1 aliphatic heterocycles. The van der Waals surface area contributed by atoms with Crippen LogP contribution in [0.1, 0.15) is 24.9 Å². The Morgan fingerprint density at radius 3 is 2.77 bits per heavy atom. The van der Waals surface area contributed by atoms with Crippen molar-refractivity contribution in [1.29, 1.82) is 0 Å². The Bertz CT molecular complexity index is 668. The molecule has 1 aliphatic rings. The molecule has 0 radical (unpaired) electrons. The second kappa shape index (κ2) is 6.25. The highest BCUT2D eigenvalue weighted by Crippen LogP contribution is 2.30. The smallest absolute Gasteiger partial charge is 0.337 e. The van der Waals surface area contributed by atoms with E-state index in [2.05, 4.69) is 10.6 Å². The summed E-state index contributed by atoms with van der Waals surface area (Å²) in [4.78, 5) is 34.2. The summed E-state index contributed by atoms with van der Waals surface area (Å²) in [6.07, 6.45) is 0.420. The Labute approximate surface area is 126 Å². The second-order valence-electron chi connectivity index (χ2n) is 4.62. The van der Waals surface area contributed by atoms with Gasteiger partial charge >= 0.3 is 12.0 Å². The molecule has 2 N–H and O–H groups in total. The number of hydrogen-bond donors (Lipinski definition) is 2. The molecule has 0 aromatic heterocycles. The molecule has 0 saturated heterocycles. The van der Waals surface area contributed by atoms with E-state index in [1.165, 1.54) is 25.3 Å². The number of amides is 2. The molecule has 0 saturated carbocycles. The van der Waals surface area contributed by atoms with Crippen molar-refractivity contribution in [1.82, 2.24) is 10.6 Å². The Morgan fingerprint density at radius 2 is 2.18 bits per heavy atom. The number of allylic oxidation sites excluding steroid dienone is 1. The first-order valence-corrected chi connectivity index (χ1v) is 6.61. The van der Waals surface area contributed by atoms with Gasteiger partial charge in [0.05, 0.1) is 23.6 Å². The highest BCUT2D eigenvalue weighted by atomic mass is 16.6. The third kappa shape index (κ3) is 2.90. The van der Waals surface area contributed by atoms with Crippen LogP contribution in [0.2, 0.25) is 0 Å². The topological polar surface area (TPSA) is 111 Å². The van der Waals surface area contributed by atoms with Gasteiger partial charge in [0.2, 0.25) is 0 Å². The van der Waals surface area contributed by atoms with E-state index in [-0.39, 0.29) is 11.3 Å². The lowest BCUT2D eigenvalue weighted by atomic mass is 9.94. The number of rotatable bonds is 4. The highest BCUT2D eigenvalue weighted by molar-refractivity contribution is 5.95. The van der Waals surface area contributed by atoms with Crippen LogP contribution in [0.15, 0.2) is 35.5 Å². The lowest BCUT2D eigenvalue weighted by Crippen LogP contribution is -2.45. The van der Waals surface area contributed by atoms with Crippen molar-refractivity contribution < 1.29 is 19.2 Å². The summed E-state index contributed by atoms with van der Waals surface area (Å²) >= 11 is 0.